The molecule has 0 aliphatic carbocycles. The van der Waals surface area contributed by atoms with Gasteiger partial charge in [-0.15, -0.1) is 0 Å². The summed E-state index contributed by atoms with van der Waals surface area (Å²) in [4.78, 5) is 4.69. The van der Waals surface area contributed by atoms with Gasteiger partial charge in [-0.3, -0.25) is 0 Å². The first-order valence-corrected chi connectivity index (χ1v) is 8.48. The molecule has 0 aliphatic heterocycles. The molecule has 0 saturated heterocycles. The third-order valence-electron chi connectivity index (χ3n) is 3.93. The lowest BCUT2D eigenvalue weighted by Gasteiger charge is -2.11. The van der Waals surface area contributed by atoms with Crippen LogP contribution >= 0.6 is 0 Å². The van der Waals surface area contributed by atoms with Crippen LogP contribution in [-0.4, -0.2) is 39.7 Å². The van der Waals surface area contributed by atoms with Crippen molar-refractivity contribution >= 4 is 17.7 Å². The van der Waals surface area contributed by atoms with Gasteiger partial charge in [0, 0.05) is 18.2 Å². The van der Waals surface area contributed by atoms with Crippen molar-refractivity contribution in [2.75, 3.05) is 19.0 Å². The quantitative estimate of drug-likeness (QED) is 0.289. The summed E-state index contributed by atoms with van der Waals surface area (Å²) < 4.78 is 7.07. The average Bonchev–Trinajstić information content (AvgIpc) is 3.13. The second-order valence-electron chi connectivity index (χ2n) is 5.71. The van der Waals surface area contributed by atoms with Gasteiger partial charge >= 0.3 is 0 Å². The second-order valence-corrected chi connectivity index (χ2v) is 5.71. The average molecular weight is 363 g/mol. The van der Waals surface area contributed by atoms with Crippen molar-refractivity contribution < 1.29 is 9.94 Å². The fourth-order valence-electron chi connectivity index (χ4n) is 2.60. The summed E-state index contributed by atoms with van der Waals surface area (Å²) in [7, 11) is 1.59. The Balaban J connectivity index is 2.02. The highest BCUT2D eigenvalue weighted by atomic mass is 16.5. The van der Waals surface area contributed by atoms with Crippen molar-refractivity contribution in [2.24, 2.45) is 5.16 Å². The number of anilines is 1. The summed E-state index contributed by atoms with van der Waals surface area (Å²) >= 11 is 0. The Bertz CT molecular complexity index is 990. The van der Waals surface area contributed by atoms with Crippen LogP contribution in [0.1, 0.15) is 6.92 Å². The molecular weight excluding hydrogens is 342 g/mol. The van der Waals surface area contributed by atoms with E-state index in [4.69, 9.17) is 14.9 Å². The maximum atomic E-state index is 8.87. The third-order valence-corrected chi connectivity index (χ3v) is 3.93. The highest BCUT2D eigenvalue weighted by Crippen LogP contribution is 2.26. The number of nitrogens with zero attached hydrogens (tertiary/aromatic N) is 4. The van der Waals surface area contributed by atoms with Gasteiger partial charge in [0.15, 0.2) is 11.4 Å². The normalized spacial score (nSPS) is 12.3. The minimum absolute atomic E-state index is 0.448. The van der Waals surface area contributed by atoms with Gasteiger partial charge in [-0.05, 0) is 12.5 Å². The number of rotatable bonds is 7. The predicted octanol–water partition coefficient (Wildman–Crippen LogP) is 3.78. The van der Waals surface area contributed by atoms with Crippen molar-refractivity contribution in [1.29, 1.82) is 0 Å². The number of methoxy groups -OCH3 is 1. The number of hydrogen-bond donors (Lipinski definition) is 2. The summed E-state index contributed by atoms with van der Waals surface area (Å²) in [6.45, 7) is 2.37. The largest absolute Gasteiger partial charge is 0.491 e. The Morgan fingerprint density at radius 1 is 1.33 bits per heavy atom. The molecule has 3 rings (SSSR count). The van der Waals surface area contributed by atoms with Crippen LogP contribution in [0, 0.1) is 0 Å². The molecule has 1 aromatic carbocycles. The monoisotopic (exact) mass is 363 g/mol. The van der Waals surface area contributed by atoms with E-state index in [1.165, 1.54) is 6.21 Å². The van der Waals surface area contributed by atoms with E-state index >= 15 is 0 Å². The number of ether oxygens (including phenoxy) is 1. The van der Waals surface area contributed by atoms with Crippen LogP contribution in [0.3, 0.4) is 0 Å². The lowest BCUT2D eigenvalue weighted by atomic mass is 10.1. The molecular formula is C20H21N5O2. The maximum Gasteiger partial charge on any atom is 0.200 e. The fourth-order valence-corrected chi connectivity index (χ4v) is 2.60. The van der Waals surface area contributed by atoms with Crippen LogP contribution in [-0.2, 0) is 0 Å². The lowest BCUT2D eigenvalue weighted by Crippen LogP contribution is -2.10. The number of hydrogen-bond acceptors (Lipinski definition) is 6. The van der Waals surface area contributed by atoms with Gasteiger partial charge in [-0.25, -0.2) is 4.98 Å². The van der Waals surface area contributed by atoms with Gasteiger partial charge in [0.1, 0.15) is 5.82 Å². The minimum atomic E-state index is 0.448. The zero-order valence-electron chi connectivity index (χ0n) is 15.2. The summed E-state index contributed by atoms with van der Waals surface area (Å²) in [6.07, 6.45) is 8.68. The van der Waals surface area contributed by atoms with Crippen LogP contribution < -0.4 is 10.1 Å². The van der Waals surface area contributed by atoms with E-state index in [0.717, 1.165) is 22.6 Å². The van der Waals surface area contributed by atoms with Gasteiger partial charge in [0.2, 0.25) is 0 Å². The van der Waals surface area contributed by atoms with E-state index < -0.39 is 0 Å². The van der Waals surface area contributed by atoms with Gasteiger partial charge in [0.05, 0.1) is 25.2 Å². The van der Waals surface area contributed by atoms with E-state index in [-0.39, 0.29) is 0 Å². The van der Waals surface area contributed by atoms with Crippen molar-refractivity contribution in [3.63, 3.8) is 0 Å². The zero-order chi connectivity index (χ0) is 19.1. The number of fused-ring (bicyclic) bond motifs is 1. The molecule has 2 aromatic heterocycles. The Kier molecular flexibility index (Phi) is 5.84. The number of nitrogens with one attached hydrogen (secondary N) is 1. The number of aromatic nitrogens is 3. The molecule has 0 bridgehead atoms. The van der Waals surface area contributed by atoms with E-state index in [9.17, 15) is 0 Å². The van der Waals surface area contributed by atoms with E-state index in [1.54, 1.807) is 17.8 Å². The Morgan fingerprint density at radius 2 is 2.15 bits per heavy atom. The Hall–Kier alpha value is -3.61. The molecule has 0 aliphatic rings. The van der Waals surface area contributed by atoms with Crippen molar-refractivity contribution in [3.8, 4) is 17.0 Å². The van der Waals surface area contributed by atoms with Crippen LogP contribution in [0.4, 0.5) is 5.82 Å². The van der Waals surface area contributed by atoms with Crippen LogP contribution in [0.2, 0.25) is 0 Å². The molecule has 138 valence electrons. The van der Waals surface area contributed by atoms with Crippen LogP contribution in [0.25, 0.3) is 16.9 Å². The zero-order valence-corrected chi connectivity index (χ0v) is 15.2. The molecule has 2 N–H and O–H groups in total. The van der Waals surface area contributed by atoms with E-state index in [1.807, 2.05) is 61.5 Å². The lowest BCUT2D eigenvalue weighted by molar-refractivity contribution is 0.321. The molecule has 0 amide bonds. The number of benzene rings is 1. The summed E-state index contributed by atoms with van der Waals surface area (Å²) in [6, 6.07) is 11.8. The Morgan fingerprint density at radius 3 is 2.85 bits per heavy atom. The first kappa shape index (κ1) is 18.2. The molecule has 0 spiro atoms. The maximum absolute atomic E-state index is 8.87. The van der Waals surface area contributed by atoms with Crippen molar-refractivity contribution in [1.82, 2.24) is 14.6 Å². The molecule has 7 nitrogen and oxygen atoms in total. The van der Waals surface area contributed by atoms with Crippen LogP contribution in [0.15, 0.2) is 71.6 Å². The van der Waals surface area contributed by atoms with Gasteiger partial charge in [-0.1, -0.05) is 53.7 Å². The summed E-state index contributed by atoms with van der Waals surface area (Å²) in [5.74, 6) is 1.34. The molecule has 27 heavy (non-hydrogen) atoms. The molecule has 2 heterocycles. The van der Waals surface area contributed by atoms with Gasteiger partial charge in [-0.2, -0.15) is 9.61 Å². The van der Waals surface area contributed by atoms with Crippen molar-refractivity contribution in [3.05, 3.63) is 66.4 Å². The highest BCUT2D eigenvalue weighted by molar-refractivity contribution is 5.80. The molecule has 0 atom stereocenters. The van der Waals surface area contributed by atoms with E-state index in [2.05, 4.69) is 15.6 Å². The first-order chi connectivity index (χ1) is 13.3. The predicted molar refractivity (Wildman–Crippen MR) is 107 cm³/mol. The second kappa shape index (κ2) is 8.66. The topological polar surface area (TPSA) is 84.0 Å². The number of oxime groups is 1. The molecule has 0 unspecified atom stereocenters. The van der Waals surface area contributed by atoms with Crippen molar-refractivity contribution in [2.45, 2.75) is 6.92 Å². The van der Waals surface area contributed by atoms with Gasteiger partial charge in [0.25, 0.3) is 0 Å². The standard InChI is InChI=1S/C20H21N5O2/c1-3-4-8-15(13-23-26)12-21-19-11-17(16-9-6-5-7-10-16)24-20-18(27-2)14-22-25(19)20/h3-11,13-14,21,26H,12H2,1-2H3/b4-3-,15-8-,23-13+. The molecule has 0 radical (unpaired) electrons. The first-order valence-electron chi connectivity index (χ1n) is 8.48. The molecule has 0 saturated carbocycles. The highest BCUT2D eigenvalue weighted by Gasteiger charge is 2.13. The smallest absolute Gasteiger partial charge is 0.200 e. The van der Waals surface area contributed by atoms with Gasteiger partial charge < -0.3 is 15.3 Å². The third kappa shape index (κ3) is 4.14. The summed E-state index contributed by atoms with van der Waals surface area (Å²) in [5, 5.41) is 19.7. The minimum Gasteiger partial charge on any atom is -0.491 e. The molecule has 7 heteroatoms. The van der Waals surface area contributed by atoms with E-state index in [0.29, 0.717) is 17.9 Å². The molecule has 3 aromatic rings. The molecule has 0 fully saturated rings. The number of allylic oxidation sites excluding steroid dienone is 3. The Labute approximate surface area is 157 Å². The van der Waals surface area contributed by atoms with Crippen LogP contribution in [0.5, 0.6) is 5.75 Å². The fraction of sp³-hybridized carbons (Fsp3) is 0.150. The SMILES string of the molecule is C\C=C/C=C(\C=N\O)CNc1cc(-c2ccccc2)nc2c(OC)cnn12. The summed E-state index contributed by atoms with van der Waals surface area (Å²) in [5.41, 5.74) is 3.23.